The van der Waals surface area contributed by atoms with Crippen LogP contribution in [-0.2, 0) is 0 Å². The van der Waals surface area contributed by atoms with Gasteiger partial charge in [-0.3, -0.25) is 5.43 Å². The van der Waals surface area contributed by atoms with Gasteiger partial charge in [-0.05, 0) is 19.3 Å². The van der Waals surface area contributed by atoms with Crippen molar-refractivity contribution >= 4 is 0 Å². The summed E-state index contributed by atoms with van der Waals surface area (Å²) in [6.45, 7) is 11.0. The van der Waals surface area contributed by atoms with Crippen molar-refractivity contribution in [2.24, 2.45) is 5.73 Å². The second-order valence-corrected chi connectivity index (χ2v) is 3.59. The summed E-state index contributed by atoms with van der Waals surface area (Å²) in [4.78, 5) is 0. The van der Waals surface area contributed by atoms with Crippen LogP contribution in [0.5, 0.6) is 0 Å². The van der Waals surface area contributed by atoms with Crippen LogP contribution in [0.4, 0.5) is 0 Å². The molecule has 0 rings (SSSR count). The van der Waals surface area contributed by atoms with Gasteiger partial charge >= 0.3 is 0 Å². The molecule has 3 nitrogen and oxygen atoms in total. The third kappa shape index (κ3) is 5.58. The molecule has 0 aromatic carbocycles. The molecular weight excluding hydrogens is 174 g/mol. The van der Waals surface area contributed by atoms with Crippen LogP contribution in [0.3, 0.4) is 0 Å². The summed E-state index contributed by atoms with van der Waals surface area (Å²) in [5, 5.41) is 2.33. The third-order valence-corrected chi connectivity index (χ3v) is 2.37. The highest BCUT2D eigenvalue weighted by molar-refractivity contribution is 4.68. The Hall–Kier alpha value is -0.120. The first-order valence-electron chi connectivity index (χ1n) is 5.79. The summed E-state index contributed by atoms with van der Waals surface area (Å²) >= 11 is 0. The number of rotatable bonds is 9. The van der Waals surface area contributed by atoms with Gasteiger partial charge in [0.05, 0.1) is 0 Å². The van der Waals surface area contributed by atoms with E-state index in [2.05, 4.69) is 31.2 Å². The summed E-state index contributed by atoms with van der Waals surface area (Å²) in [6, 6.07) is 0.610. The molecule has 1 atom stereocenters. The topological polar surface area (TPSA) is 41.3 Å². The maximum atomic E-state index is 5.49. The summed E-state index contributed by atoms with van der Waals surface area (Å²) in [5.41, 5.74) is 8.87. The maximum absolute atomic E-state index is 5.49. The van der Waals surface area contributed by atoms with Crippen LogP contribution in [0, 0.1) is 6.92 Å². The Bertz CT molecular complexity index is 117. The molecule has 1 unspecified atom stereocenters. The van der Waals surface area contributed by atoms with Crippen molar-refractivity contribution in [2.75, 3.05) is 19.6 Å². The highest BCUT2D eigenvalue weighted by atomic mass is 15.5. The average Bonchev–Trinajstić information content (AvgIpc) is 2.21. The Balaban J connectivity index is 3.97. The van der Waals surface area contributed by atoms with Gasteiger partial charge in [-0.2, -0.15) is 0 Å². The fourth-order valence-corrected chi connectivity index (χ4v) is 1.66. The van der Waals surface area contributed by atoms with Crippen molar-refractivity contribution in [3.8, 4) is 0 Å². The van der Waals surface area contributed by atoms with Crippen molar-refractivity contribution in [3.05, 3.63) is 6.92 Å². The van der Waals surface area contributed by atoms with Crippen LogP contribution < -0.4 is 11.2 Å². The molecule has 0 aromatic heterocycles. The van der Waals surface area contributed by atoms with Crippen LogP contribution in [0.1, 0.15) is 39.5 Å². The summed E-state index contributed by atoms with van der Waals surface area (Å²) < 4.78 is 0. The number of nitrogens with zero attached hydrogens (tertiary/aromatic N) is 1. The van der Waals surface area contributed by atoms with Crippen LogP contribution in [0.2, 0.25) is 0 Å². The zero-order valence-corrected chi connectivity index (χ0v) is 9.76. The Morgan fingerprint density at radius 3 is 2.57 bits per heavy atom. The van der Waals surface area contributed by atoms with Crippen LogP contribution >= 0.6 is 0 Å². The second-order valence-electron chi connectivity index (χ2n) is 3.59. The lowest BCUT2D eigenvalue weighted by molar-refractivity contribution is 0.115. The van der Waals surface area contributed by atoms with Gasteiger partial charge in [0.2, 0.25) is 0 Å². The summed E-state index contributed by atoms with van der Waals surface area (Å²) in [6.07, 6.45) is 4.51. The molecule has 0 aliphatic heterocycles. The molecule has 0 spiro atoms. The van der Waals surface area contributed by atoms with E-state index in [1.807, 2.05) is 0 Å². The molecule has 0 heterocycles. The van der Waals surface area contributed by atoms with Crippen LogP contribution in [-0.4, -0.2) is 30.7 Å². The summed E-state index contributed by atoms with van der Waals surface area (Å²) in [5.74, 6) is 0. The maximum Gasteiger partial charge on any atom is 0.0240 e. The van der Waals surface area contributed by atoms with E-state index in [1.165, 1.54) is 12.8 Å². The van der Waals surface area contributed by atoms with Crippen molar-refractivity contribution in [3.63, 3.8) is 0 Å². The highest BCUT2D eigenvalue weighted by Crippen LogP contribution is 2.08. The SMILES string of the molecule is [CH2]CCC(CC)N(CCC)NCCN. The van der Waals surface area contributed by atoms with Crippen molar-refractivity contribution in [2.45, 2.75) is 45.6 Å². The van der Waals surface area contributed by atoms with Crippen LogP contribution in [0.25, 0.3) is 0 Å². The molecule has 0 saturated heterocycles. The van der Waals surface area contributed by atoms with E-state index in [4.69, 9.17) is 5.73 Å². The van der Waals surface area contributed by atoms with Gasteiger partial charge in [0.15, 0.2) is 0 Å². The lowest BCUT2D eigenvalue weighted by Crippen LogP contribution is -2.47. The molecule has 14 heavy (non-hydrogen) atoms. The van der Waals surface area contributed by atoms with E-state index in [0.29, 0.717) is 12.6 Å². The van der Waals surface area contributed by atoms with Gasteiger partial charge in [-0.15, -0.1) is 0 Å². The molecule has 0 saturated carbocycles. The van der Waals surface area contributed by atoms with Gasteiger partial charge in [-0.25, -0.2) is 5.01 Å². The molecule has 0 aliphatic rings. The minimum atomic E-state index is 0.610. The van der Waals surface area contributed by atoms with Gasteiger partial charge in [0.25, 0.3) is 0 Å². The van der Waals surface area contributed by atoms with Gasteiger partial charge in [0, 0.05) is 25.7 Å². The van der Waals surface area contributed by atoms with Gasteiger partial charge in [0.1, 0.15) is 0 Å². The lowest BCUT2D eigenvalue weighted by Gasteiger charge is -2.31. The first-order valence-corrected chi connectivity index (χ1v) is 5.79. The van der Waals surface area contributed by atoms with E-state index in [1.54, 1.807) is 0 Å². The van der Waals surface area contributed by atoms with Gasteiger partial charge < -0.3 is 5.73 Å². The number of nitrogens with two attached hydrogens (primary N) is 1. The first kappa shape index (κ1) is 13.9. The fourth-order valence-electron chi connectivity index (χ4n) is 1.66. The summed E-state index contributed by atoms with van der Waals surface area (Å²) in [7, 11) is 0. The Morgan fingerprint density at radius 1 is 1.43 bits per heavy atom. The first-order chi connectivity index (χ1) is 6.79. The zero-order valence-electron chi connectivity index (χ0n) is 9.76. The number of hydrogen-bond acceptors (Lipinski definition) is 3. The van der Waals surface area contributed by atoms with Crippen molar-refractivity contribution < 1.29 is 0 Å². The van der Waals surface area contributed by atoms with E-state index in [0.717, 1.165) is 25.9 Å². The molecule has 3 heteroatoms. The normalized spacial score (nSPS) is 13.5. The number of nitrogens with one attached hydrogen (secondary N) is 1. The third-order valence-electron chi connectivity index (χ3n) is 2.37. The molecule has 0 aromatic rings. The molecule has 0 fully saturated rings. The van der Waals surface area contributed by atoms with Crippen molar-refractivity contribution in [1.82, 2.24) is 10.4 Å². The molecule has 0 amide bonds. The predicted molar refractivity (Wildman–Crippen MR) is 62.7 cm³/mol. The largest absolute Gasteiger partial charge is 0.329 e. The van der Waals surface area contributed by atoms with Crippen molar-refractivity contribution in [1.29, 1.82) is 0 Å². The minimum Gasteiger partial charge on any atom is -0.329 e. The lowest BCUT2D eigenvalue weighted by atomic mass is 10.1. The fraction of sp³-hybridized carbons (Fsp3) is 0.909. The van der Waals surface area contributed by atoms with Gasteiger partial charge in [-0.1, -0.05) is 27.2 Å². The Morgan fingerprint density at radius 2 is 2.14 bits per heavy atom. The molecular formula is C11H26N3. The minimum absolute atomic E-state index is 0.610. The van der Waals surface area contributed by atoms with E-state index in [9.17, 15) is 0 Å². The average molecular weight is 200 g/mol. The Kier molecular flexibility index (Phi) is 9.35. The molecule has 85 valence electrons. The molecule has 1 radical (unpaired) electrons. The standard InChI is InChI=1S/C11H26N3/c1-4-7-11(6-3)14(10-5-2)13-9-8-12/h11,13H,1,4-10,12H2,2-3H3. The molecule has 3 N–H and O–H groups in total. The van der Waals surface area contributed by atoms with E-state index < -0.39 is 0 Å². The molecule has 0 aliphatic carbocycles. The highest BCUT2D eigenvalue weighted by Gasteiger charge is 2.13. The predicted octanol–water partition coefficient (Wildman–Crippen LogP) is 1.55. The molecule has 0 bridgehead atoms. The second kappa shape index (κ2) is 9.44. The van der Waals surface area contributed by atoms with Crippen LogP contribution in [0.15, 0.2) is 0 Å². The zero-order chi connectivity index (χ0) is 10.8. The monoisotopic (exact) mass is 200 g/mol. The van der Waals surface area contributed by atoms with E-state index in [-0.39, 0.29) is 0 Å². The number of hydrogen-bond donors (Lipinski definition) is 2. The smallest absolute Gasteiger partial charge is 0.0240 e. The quantitative estimate of drug-likeness (QED) is 0.555. The Labute approximate surface area is 89.0 Å². The number of hydrazine groups is 1. The van der Waals surface area contributed by atoms with E-state index >= 15 is 0 Å².